The predicted octanol–water partition coefficient (Wildman–Crippen LogP) is 6.80. The van der Waals surface area contributed by atoms with Gasteiger partial charge in [0, 0.05) is 0 Å². The van der Waals surface area contributed by atoms with Gasteiger partial charge in [0.1, 0.15) is 0 Å². The van der Waals surface area contributed by atoms with Crippen LogP contribution in [0.3, 0.4) is 0 Å². The van der Waals surface area contributed by atoms with Crippen LogP contribution in [0.2, 0.25) is 0 Å². The van der Waals surface area contributed by atoms with Gasteiger partial charge in [-0.2, -0.15) is 0 Å². The molecule has 0 saturated carbocycles. The number of quaternary nitrogens is 1. The number of rotatable bonds is 20. The number of carbonyl (C=O) groups is 1. The van der Waals surface area contributed by atoms with Crippen molar-refractivity contribution in [3.05, 3.63) is 0 Å². The quantitative estimate of drug-likeness (QED) is 0.189. The molecule has 0 aliphatic carbocycles. The second-order valence-electron chi connectivity index (χ2n) is 8.16. The molecule has 1 N–H and O–H groups in total. The summed E-state index contributed by atoms with van der Waals surface area (Å²) >= 11 is 0. The summed E-state index contributed by atoms with van der Waals surface area (Å²) < 4.78 is 0.977. The van der Waals surface area contributed by atoms with E-state index in [1.165, 1.54) is 89.9 Å². The van der Waals surface area contributed by atoms with E-state index in [0.29, 0.717) is 6.42 Å². The lowest BCUT2D eigenvalue weighted by molar-refractivity contribution is -0.924. The standard InChI is InChI=1S/C23H47NO2/c1-4-7-8-9-10-11-12-13-14-15-16-17-18-19-21-24(5-2,6-3)22-20-23(25)26/h4-22H2,1-3H3/p+1. The molecule has 0 aliphatic rings. The Bertz CT molecular complexity index is 313. The van der Waals surface area contributed by atoms with Gasteiger partial charge in [-0.15, -0.1) is 0 Å². The van der Waals surface area contributed by atoms with Gasteiger partial charge >= 0.3 is 5.97 Å². The van der Waals surface area contributed by atoms with Gasteiger partial charge in [-0.3, -0.25) is 4.79 Å². The van der Waals surface area contributed by atoms with Crippen LogP contribution in [0.5, 0.6) is 0 Å². The van der Waals surface area contributed by atoms with E-state index in [4.69, 9.17) is 5.11 Å². The molecule has 0 atom stereocenters. The number of nitrogens with zero attached hydrogens (tertiary/aromatic N) is 1. The van der Waals surface area contributed by atoms with E-state index in [9.17, 15) is 4.79 Å². The van der Waals surface area contributed by atoms with Crippen LogP contribution in [-0.4, -0.2) is 41.7 Å². The average Bonchev–Trinajstić information content (AvgIpc) is 2.64. The van der Waals surface area contributed by atoms with Crippen molar-refractivity contribution in [3.63, 3.8) is 0 Å². The normalized spacial score (nSPS) is 11.8. The van der Waals surface area contributed by atoms with Crippen LogP contribution in [0.1, 0.15) is 117 Å². The third-order valence-corrected chi connectivity index (χ3v) is 6.13. The second-order valence-corrected chi connectivity index (χ2v) is 8.16. The summed E-state index contributed by atoms with van der Waals surface area (Å²) in [4.78, 5) is 10.9. The van der Waals surface area contributed by atoms with E-state index in [0.717, 1.165) is 30.7 Å². The average molecular weight is 371 g/mol. The summed E-state index contributed by atoms with van der Waals surface area (Å²) in [6, 6.07) is 0. The van der Waals surface area contributed by atoms with Crippen LogP contribution in [0.15, 0.2) is 0 Å². The van der Waals surface area contributed by atoms with Gasteiger partial charge in [-0.05, 0) is 26.7 Å². The molecule has 3 heteroatoms. The lowest BCUT2D eigenvalue weighted by atomic mass is 10.0. The Hall–Kier alpha value is -0.570. The van der Waals surface area contributed by atoms with Crippen molar-refractivity contribution in [3.8, 4) is 0 Å². The monoisotopic (exact) mass is 370 g/mol. The highest BCUT2D eigenvalue weighted by Crippen LogP contribution is 2.15. The van der Waals surface area contributed by atoms with Crippen molar-refractivity contribution in [1.29, 1.82) is 0 Å². The number of aliphatic carboxylic acids is 1. The second kappa shape index (κ2) is 17.8. The van der Waals surface area contributed by atoms with E-state index in [-0.39, 0.29) is 0 Å². The molecule has 0 aromatic carbocycles. The Labute approximate surface area is 164 Å². The van der Waals surface area contributed by atoms with E-state index in [1.807, 2.05) is 0 Å². The maximum absolute atomic E-state index is 10.9. The molecule has 0 aromatic rings. The Morgan fingerprint density at radius 2 is 1.00 bits per heavy atom. The van der Waals surface area contributed by atoms with E-state index >= 15 is 0 Å². The first kappa shape index (κ1) is 25.4. The number of hydrogen-bond donors (Lipinski definition) is 1. The number of carboxylic acids is 1. The SMILES string of the molecule is CCCCCCCCCCCCCCCC[N+](CC)(CC)CCC(=O)O. The van der Waals surface area contributed by atoms with Gasteiger partial charge in [0.25, 0.3) is 0 Å². The van der Waals surface area contributed by atoms with Gasteiger partial charge in [0.2, 0.25) is 0 Å². The maximum Gasteiger partial charge on any atom is 0.309 e. The zero-order valence-electron chi connectivity index (χ0n) is 18.2. The summed E-state index contributed by atoms with van der Waals surface area (Å²) in [6.45, 7) is 10.7. The minimum Gasteiger partial charge on any atom is -0.481 e. The van der Waals surface area contributed by atoms with Crippen LogP contribution < -0.4 is 0 Å². The summed E-state index contributed by atoms with van der Waals surface area (Å²) in [5.74, 6) is -0.657. The zero-order chi connectivity index (χ0) is 19.5. The summed E-state index contributed by atoms with van der Waals surface area (Å²) in [5, 5.41) is 8.95. The first-order chi connectivity index (χ1) is 12.6. The lowest BCUT2D eigenvalue weighted by Gasteiger charge is -2.36. The van der Waals surface area contributed by atoms with E-state index < -0.39 is 5.97 Å². The van der Waals surface area contributed by atoms with Crippen molar-refractivity contribution in [2.75, 3.05) is 26.2 Å². The molecule has 0 radical (unpaired) electrons. The fourth-order valence-corrected chi connectivity index (χ4v) is 3.94. The Kier molecular flexibility index (Phi) is 17.4. The molecule has 0 spiro atoms. The van der Waals surface area contributed by atoms with E-state index in [2.05, 4.69) is 20.8 Å². The zero-order valence-corrected chi connectivity index (χ0v) is 18.2. The van der Waals surface area contributed by atoms with Crippen molar-refractivity contribution in [1.82, 2.24) is 0 Å². The molecule has 0 fully saturated rings. The Morgan fingerprint density at radius 3 is 1.35 bits per heavy atom. The smallest absolute Gasteiger partial charge is 0.309 e. The minimum absolute atomic E-state index is 0.306. The van der Waals surface area contributed by atoms with Crippen LogP contribution in [0.4, 0.5) is 0 Å². The van der Waals surface area contributed by atoms with Crippen molar-refractivity contribution >= 4 is 5.97 Å². The number of carboxylic acid groups (broad SMARTS) is 1. The first-order valence-electron chi connectivity index (χ1n) is 11.7. The largest absolute Gasteiger partial charge is 0.481 e. The highest BCUT2D eigenvalue weighted by atomic mass is 16.4. The molecule has 0 bridgehead atoms. The molecular weight excluding hydrogens is 322 g/mol. The maximum atomic E-state index is 10.9. The molecule has 0 aromatic heterocycles. The molecule has 3 nitrogen and oxygen atoms in total. The Morgan fingerprint density at radius 1 is 0.615 bits per heavy atom. The molecule has 26 heavy (non-hydrogen) atoms. The first-order valence-corrected chi connectivity index (χ1v) is 11.7. The number of unbranched alkanes of at least 4 members (excludes halogenated alkanes) is 13. The fraction of sp³-hybridized carbons (Fsp3) is 0.957. The van der Waals surface area contributed by atoms with Gasteiger partial charge in [-0.1, -0.05) is 84.0 Å². The van der Waals surface area contributed by atoms with Gasteiger partial charge in [0.15, 0.2) is 0 Å². The number of hydrogen-bond acceptors (Lipinski definition) is 1. The summed E-state index contributed by atoms with van der Waals surface area (Å²) in [6.07, 6.45) is 19.8. The van der Waals surface area contributed by atoms with Crippen LogP contribution >= 0.6 is 0 Å². The molecule has 0 saturated heterocycles. The third-order valence-electron chi connectivity index (χ3n) is 6.13. The molecule has 0 heterocycles. The molecule has 0 aliphatic heterocycles. The van der Waals surface area contributed by atoms with Crippen LogP contribution in [0, 0.1) is 0 Å². The predicted molar refractivity (Wildman–Crippen MR) is 114 cm³/mol. The summed E-state index contributed by atoms with van der Waals surface area (Å²) in [7, 11) is 0. The minimum atomic E-state index is -0.657. The van der Waals surface area contributed by atoms with Crippen molar-refractivity contribution in [2.24, 2.45) is 0 Å². The summed E-state index contributed by atoms with van der Waals surface area (Å²) in [5.41, 5.74) is 0. The topological polar surface area (TPSA) is 37.3 Å². The van der Waals surface area contributed by atoms with Crippen molar-refractivity contribution in [2.45, 2.75) is 117 Å². The van der Waals surface area contributed by atoms with Crippen LogP contribution in [-0.2, 0) is 4.79 Å². The lowest BCUT2D eigenvalue weighted by Crippen LogP contribution is -2.49. The molecule has 0 amide bonds. The van der Waals surface area contributed by atoms with Crippen molar-refractivity contribution < 1.29 is 14.4 Å². The van der Waals surface area contributed by atoms with Gasteiger partial charge in [0.05, 0.1) is 32.6 Å². The highest BCUT2D eigenvalue weighted by Gasteiger charge is 2.23. The third kappa shape index (κ3) is 14.6. The van der Waals surface area contributed by atoms with E-state index in [1.54, 1.807) is 0 Å². The molecule has 156 valence electrons. The van der Waals surface area contributed by atoms with Gasteiger partial charge < -0.3 is 9.59 Å². The molecular formula is C23H48NO2+. The van der Waals surface area contributed by atoms with Crippen LogP contribution in [0.25, 0.3) is 0 Å². The molecule has 0 unspecified atom stereocenters. The molecule has 0 rings (SSSR count). The van der Waals surface area contributed by atoms with Gasteiger partial charge in [-0.25, -0.2) is 0 Å². The Balaban J connectivity index is 3.49. The fourth-order valence-electron chi connectivity index (χ4n) is 3.94. The highest BCUT2D eigenvalue weighted by molar-refractivity contribution is 5.66.